The predicted octanol–water partition coefficient (Wildman–Crippen LogP) is 9.38. The minimum Gasteiger partial charge on any atom is -0.465 e. The molecule has 0 amide bonds. The predicted molar refractivity (Wildman–Crippen MR) is 210 cm³/mol. The topological polar surface area (TPSA) is 94.3 Å². The molecule has 8 nitrogen and oxygen atoms in total. The Morgan fingerprint density at radius 1 is 0.500 bits per heavy atom. The zero-order valence-corrected chi connectivity index (χ0v) is 29.7. The lowest BCUT2D eigenvalue weighted by Gasteiger charge is -2.23. The van der Waals surface area contributed by atoms with E-state index in [1.54, 1.807) is 0 Å². The van der Waals surface area contributed by atoms with Gasteiger partial charge in [-0.05, 0) is 74.2 Å². The Kier molecular flexibility index (Phi) is 9.52. The van der Waals surface area contributed by atoms with Crippen LogP contribution in [-0.4, -0.2) is 45.7 Å². The van der Waals surface area contributed by atoms with Crippen LogP contribution in [0.4, 0.5) is 0 Å². The molecule has 5 aromatic carbocycles. The van der Waals surface area contributed by atoms with Crippen molar-refractivity contribution in [3.8, 4) is 58.0 Å². The first-order valence-electron chi connectivity index (χ1n) is 18.6. The molecule has 2 unspecified atom stereocenters. The second kappa shape index (κ2) is 15.3. The van der Waals surface area contributed by atoms with E-state index >= 15 is 0 Å². The van der Waals surface area contributed by atoms with E-state index in [0.29, 0.717) is 16.6 Å². The van der Waals surface area contributed by atoms with Gasteiger partial charge in [0.25, 0.3) is 0 Å². The standard InChI is InChI=1S/C46H38N4O4/c1-3-11-33(12-4-1)45-47-41-37(27-21-31-17-23-35(24-18-31)53-39-15-7-9-29-51-39)43-44(50-46(49-43)34-13-5-2-6-14-34)38(42(41)48-45)28-22-32-19-25-36(26-20-32)54-40-16-8-10-30-52-40/h1-6,11-14,17-20,23-26,39-40H,7-10,15-16,29-30H2,(H,47,48)(H,49,50). The van der Waals surface area contributed by atoms with E-state index < -0.39 is 0 Å². The smallest absolute Gasteiger partial charge is 0.199 e. The van der Waals surface area contributed by atoms with E-state index in [2.05, 4.69) is 33.6 Å². The number of hydrogen-bond acceptors (Lipinski definition) is 6. The molecule has 2 N–H and O–H groups in total. The maximum absolute atomic E-state index is 6.06. The van der Waals surface area contributed by atoms with E-state index in [-0.39, 0.29) is 12.6 Å². The van der Waals surface area contributed by atoms with E-state index in [1.165, 1.54) is 0 Å². The van der Waals surface area contributed by atoms with Crippen molar-refractivity contribution < 1.29 is 18.9 Å². The van der Waals surface area contributed by atoms with E-state index in [4.69, 9.17) is 28.9 Å². The molecule has 2 aromatic heterocycles. The van der Waals surface area contributed by atoms with Gasteiger partial charge in [-0.15, -0.1) is 0 Å². The Morgan fingerprint density at radius 2 is 0.944 bits per heavy atom. The molecule has 7 aromatic rings. The largest absolute Gasteiger partial charge is 0.465 e. The lowest BCUT2D eigenvalue weighted by atomic mass is 10.0. The zero-order chi connectivity index (χ0) is 36.1. The number of imidazole rings is 2. The first-order valence-corrected chi connectivity index (χ1v) is 18.6. The summed E-state index contributed by atoms with van der Waals surface area (Å²) in [4.78, 5) is 17.5. The average molecular weight is 711 g/mol. The summed E-state index contributed by atoms with van der Waals surface area (Å²) in [5.41, 5.74) is 8.07. The molecule has 9 rings (SSSR count). The molecule has 0 aliphatic carbocycles. The average Bonchev–Trinajstić information content (AvgIpc) is 3.88. The highest BCUT2D eigenvalue weighted by atomic mass is 16.7. The molecule has 0 spiro atoms. The van der Waals surface area contributed by atoms with Crippen molar-refractivity contribution in [2.24, 2.45) is 0 Å². The Morgan fingerprint density at radius 3 is 1.37 bits per heavy atom. The van der Waals surface area contributed by atoms with Crippen molar-refractivity contribution >= 4 is 22.1 Å². The summed E-state index contributed by atoms with van der Waals surface area (Å²) in [6.45, 7) is 1.47. The molecule has 54 heavy (non-hydrogen) atoms. The number of H-pyrrole nitrogens is 2. The van der Waals surface area contributed by atoms with Gasteiger partial charge >= 0.3 is 0 Å². The van der Waals surface area contributed by atoms with Crippen LogP contribution in [0, 0.1) is 23.7 Å². The fourth-order valence-corrected chi connectivity index (χ4v) is 6.83. The van der Waals surface area contributed by atoms with Gasteiger partial charge in [-0.3, -0.25) is 0 Å². The molecule has 2 fully saturated rings. The molecular formula is C46H38N4O4. The molecule has 0 radical (unpaired) electrons. The van der Waals surface area contributed by atoms with Gasteiger partial charge < -0.3 is 28.9 Å². The maximum Gasteiger partial charge on any atom is 0.199 e. The highest BCUT2D eigenvalue weighted by Crippen LogP contribution is 2.34. The highest BCUT2D eigenvalue weighted by molar-refractivity contribution is 6.06. The molecular weight excluding hydrogens is 673 g/mol. The number of aromatic amines is 2. The second-order valence-electron chi connectivity index (χ2n) is 13.5. The van der Waals surface area contributed by atoms with Gasteiger partial charge in [0.05, 0.1) is 35.4 Å². The van der Waals surface area contributed by atoms with Gasteiger partial charge in [0.15, 0.2) is 12.6 Å². The maximum atomic E-state index is 6.06. The van der Waals surface area contributed by atoms with Crippen molar-refractivity contribution in [2.75, 3.05) is 13.2 Å². The summed E-state index contributed by atoms with van der Waals surface area (Å²) in [5, 5.41) is 0. The first-order chi connectivity index (χ1) is 26.7. The molecule has 0 bridgehead atoms. The van der Waals surface area contributed by atoms with Gasteiger partial charge in [-0.2, -0.15) is 0 Å². The molecule has 0 saturated carbocycles. The van der Waals surface area contributed by atoms with Gasteiger partial charge in [0.2, 0.25) is 0 Å². The second-order valence-corrected chi connectivity index (χ2v) is 13.5. The minimum absolute atomic E-state index is 0.202. The van der Waals surface area contributed by atoms with Crippen LogP contribution in [0.25, 0.3) is 44.8 Å². The van der Waals surface area contributed by atoms with Crippen molar-refractivity contribution in [3.05, 3.63) is 131 Å². The number of aromatic nitrogens is 4. The van der Waals surface area contributed by atoms with Gasteiger partial charge in [-0.25, -0.2) is 9.97 Å². The monoisotopic (exact) mass is 710 g/mol. The normalized spacial score (nSPS) is 17.0. The van der Waals surface area contributed by atoms with Crippen LogP contribution < -0.4 is 9.47 Å². The lowest BCUT2D eigenvalue weighted by molar-refractivity contribution is -0.106. The summed E-state index contributed by atoms with van der Waals surface area (Å²) in [6, 6.07) is 35.8. The van der Waals surface area contributed by atoms with Crippen molar-refractivity contribution in [1.82, 2.24) is 19.9 Å². The quantitative estimate of drug-likeness (QED) is 0.167. The van der Waals surface area contributed by atoms with Crippen LogP contribution in [0.1, 0.15) is 60.8 Å². The number of fused-ring (bicyclic) bond motifs is 2. The van der Waals surface area contributed by atoms with E-state index in [0.717, 1.165) is 114 Å². The summed E-state index contributed by atoms with van der Waals surface area (Å²) >= 11 is 0. The van der Waals surface area contributed by atoms with Gasteiger partial charge in [0, 0.05) is 35.1 Å². The Bertz CT molecular complexity index is 2280. The highest BCUT2D eigenvalue weighted by Gasteiger charge is 2.21. The third kappa shape index (κ3) is 7.31. The molecule has 266 valence electrons. The fraction of sp³-hybridized carbons (Fsp3) is 0.217. The molecule has 4 heterocycles. The number of hydrogen-bond donors (Lipinski definition) is 2. The first kappa shape index (κ1) is 33.5. The molecule has 8 heteroatoms. The SMILES string of the molecule is C(#Cc1c2nc(-c3ccccc3)[nH]c2c(C#Cc2ccc(OC3CCCCO3)cc2)c2[nH]c(-c3ccccc3)nc12)c1ccc(OC2CCCCO2)cc1. The molecule has 2 saturated heterocycles. The van der Waals surface area contributed by atoms with E-state index in [1.807, 2.05) is 109 Å². The van der Waals surface area contributed by atoms with Crippen molar-refractivity contribution in [3.63, 3.8) is 0 Å². The summed E-state index contributed by atoms with van der Waals surface area (Å²) in [6.07, 6.45) is 5.77. The molecule has 2 atom stereocenters. The third-order valence-electron chi connectivity index (χ3n) is 9.66. The van der Waals surface area contributed by atoms with Crippen LogP contribution in [0.3, 0.4) is 0 Å². The third-order valence-corrected chi connectivity index (χ3v) is 9.66. The number of nitrogens with one attached hydrogen (secondary N) is 2. The van der Waals surface area contributed by atoms with Crippen LogP contribution in [0.15, 0.2) is 109 Å². The number of nitrogens with zero attached hydrogens (tertiary/aromatic N) is 2. The van der Waals surface area contributed by atoms with Crippen molar-refractivity contribution in [2.45, 2.75) is 51.1 Å². The fourth-order valence-electron chi connectivity index (χ4n) is 6.83. The zero-order valence-electron chi connectivity index (χ0n) is 29.7. The van der Waals surface area contributed by atoms with Crippen LogP contribution in [-0.2, 0) is 9.47 Å². The summed E-state index contributed by atoms with van der Waals surface area (Å²) in [7, 11) is 0. The Hall–Kier alpha value is -6.32. The Labute approximate surface area is 313 Å². The van der Waals surface area contributed by atoms with Gasteiger partial charge in [0.1, 0.15) is 34.2 Å². The number of benzene rings is 5. The van der Waals surface area contributed by atoms with Crippen LogP contribution in [0.2, 0.25) is 0 Å². The molecule has 2 aliphatic rings. The molecule has 2 aliphatic heterocycles. The van der Waals surface area contributed by atoms with Crippen molar-refractivity contribution in [1.29, 1.82) is 0 Å². The van der Waals surface area contributed by atoms with Crippen LogP contribution >= 0.6 is 0 Å². The Balaban J connectivity index is 1.14. The summed E-state index contributed by atoms with van der Waals surface area (Å²) in [5.74, 6) is 16.7. The number of rotatable bonds is 6. The van der Waals surface area contributed by atoms with Crippen LogP contribution in [0.5, 0.6) is 11.5 Å². The number of ether oxygens (including phenoxy) is 4. The van der Waals surface area contributed by atoms with E-state index in [9.17, 15) is 0 Å². The lowest BCUT2D eigenvalue weighted by Crippen LogP contribution is -2.24. The minimum atomic E-state index is -0.203. The van der Waals surface area contributed by atoms with Gasteiger partial charge in [-0.1, -0.05) is 84.3 Å². The summed E-state index contributed by atoms with van der Waals surface area (Å²) < 4.78 is 23.6.